The quantitative estimate of drug-likeness (QED) is 0.599. The van der Waals surface area contributed by atoms with E-state index >= 15 is 0 Å². The molecule has 0 aliphatic heterocycles. The zero-order valence-electron chi connectivity index (χ0n) is 11.7. The number of ether oxygens (including phenoxy) is 1. The van der Waals surface area contributed by atoms with E-state index in [-0.39, 0.29) is 18.1 Å². The molecule has 0 unspecified atom stereocenters. The first-order chi connectivity index (χ1) is 9.58. The van der Waals surface area contributed by atoms with Crippen molar-refractivity contribution in [1.29, 1.82) is 0 Å². The molecule has 0 fully saturated rings. The Morgan fingerprint density at radius 1 is 1.40 bits per heavy atom. The molecule has 0 saturated carbocycles. The molecule has 20 heavy (non-hydrogen) atoms. The van der Waals surface area contributed by atoms with Gasteiger partial charge in [-0.05, 0) is 26.0 Å². The smallest absolute Gasteiger partial charge is 0.323 e. The maximum absolute atomic E-state index is 5.47. The highest BCUT2D eigenvalue weighted by Gasteiger charge is 2.13. The summed E-state index contributed by atoms with van der Waals surface area (Å²) in [7, 11) is 1.84. The van der Waals surface area contributed by atoms with Gasteiger partial charge >= 0.3 is 6.01 Å². The number of nitrogens with two attached hydrogens (primary N) is 1. The Morgan fingerprint density at radius 2 is 2.20 bits per heavy atom. The molecule has 2 aromatic rings. The van der Waals surface area contributed by atoms with E-state index in [9.17, 15) is 0 Å². The normalized spacial score (nSPS) is 10.7. The Kier molecular flexibility index (Phi) is 4.36. The predicted octanol–water partition coefficient (Wildman–Crippen LogP) is 1.17. The van der Waals surface area contributed by atoms with Crippen LogP contribution in [-0.4, -0.2) is 28.1 Å². The third kappa shape index (κ3) is 3.58. The number of anilines is 2. The zero-order valence-corrected chi connectivity index (χ0v) is 11.7. The fourth-order valence-electron chi connectivity index (χ4n) is 1.55. The molecule has 2 heterocycles. The Labute approximate surface area is 116 Å². The fraction of sp³-hybridized carbons (Fsp3) is 0.417. The van der Waals surface area contributed by atoms with Crippen molar-refractivity contribution in [2.75, 3.05) is 17.4 Å². The van der Waals surface area contributed by atoms with Crippen molar-refractivity contribution in [3.8, 4) is 6.01 Å². The first-order valence-corrected chi connectivity index (χ1v) is 6.21. The molecule has 0 spiro atoms. The van der Waals surface area contributed by atoms with E-state index in [0.717, 1.165) is 5.76 Å². The minimum Gasteiger partial charge on any atom is -0.467 e. The van der Waals surface area contributed by atoms with Crippen molar-refractivity contribution in [3.63, 3.8) is 0 Å². The Morgan fingerprint density at radius 3 is 2.80 bits per heavy atom. The minimum atomic E-state index is -0.0359. The van der Waals surface area contributed by atoms with Crippen LogP contribution in [0, 0.1) is 0 Å². The van der Waals surface area contributed by atoms with Gasteiger partial charge in [-0.25, -0.2) is 5.84 Å². The van der Waals surface area contributed by atoms with Gasteiger partial charge < -0.3 is 14.1 Å². The van der Waals surface area contributed by atoms with Crippen LogP contribution in [0.2, 0.25) is 0 Å². The summed E-state index contributed by atoms with van der Waals surface area (Å²) in [5.41, 5.74) is 2.40. The lowest BCUT2D eigenvalue weighted by molar-refractivity contribution is 0.222. The van der Waals surface area contributed by atoms with Crippen molar-refractivity contribution >= 4 is 11.9 Å². The van der Waals surface area contributed by atoms with Crippen LogP contribution < -0.4 is 20.9 Å². The maximum Gasteiger partial charge on any atom is 0.323 e. The molecule has 2 aromatic heterocycles. The summed E-state index contributed by atoms with van der Waals surface area (Å²) >= 11 is 0. The summed E-state index contributed by atoms with van der Waals surface area (Å²) in [6, 6.07) is 3.94. The van der Waals surface area contributed by atoms with Crippen molar-refractivity contribution in [1.82, 2.24) is 15.0 Å². The molecule has 8 nitrogen and oxygen atoms in total. The summed E-state index contributed by atoms with van der Waals surface area (Å²) in [6.07, 6.45) is 1.59. The van der Waals surface area contributed by atoms with Crippen LogP contribution in [0.25, 0.3) is 0 Å². The van der Waals surface area contributed by atoms with E-state index in [2.05, 4.69) is 20.4 Å². The molecule has 3 N–H and O–H groups in total. The largest absolute Gasteiger partial charge is 0.467 e. The highest BCUT2D eigenvalue weighted by Crippen LogP contribution is 2.16. The average molecular weight is 278 g/mol. The summed E-state index contributed by atoms with van der Waals surface area (Å²) in [5.74, 6) is 6.86. The fourth-order valence-corrected chi connectivity index (χ4v) is 1.55. The van der Waals surface area contributed by atoms with E-state index in [1.165, 1.54) is 0 Å². The molecule has 0 radical (unpaired) electrons. The molecule has 0 atom stereocenters. The SMILES string of the molecule is CC(C)Oc1nc(NN)nc(N(C)Cc2ccco2)n1. The summed E-state index contributed by atoms with van der Waals surface area (Å²) in [4.78, 5) is 14.3. The molecule has 0 aliphatic carbocycles. The monoisotopic (exact) mass is 278 g/mol. The lowest BCUT2D eigenvalue weighted by Gasteiger charge is -2.17. The first kappa shape index (κ1) is 14.1. The lowest BCUT2D eigenvalue weighted by atomic mass is 10.4. The summed E-state index contributed by atoms with van der Waals surface area (Å²) < 4.78 is 10.8. The second-order valence-corrected chi connectivity index (χ2v) is 4.49. The van der Waals surface area contributed by atoms with Gasteiger partial charge in [-0.1, -0.05) is 0 Å². The van der Waals surface area contributed by atoms with E-state index in [4.69, 9.17) is 15.0 Å². The van der Waals surface area contributed by atoms with E-state index in [1.807, 2.05) is 37.9 Å². The molecule has 108 valence electrons. The van der Waals surface area contributed by atoms with Crippen LogP contribution >= 0.6 is 0 Å². The molecule has 0 bridgehead atoms. The van der Waals surface area contributed by atoms with Gasteiger partial charge in [-0.3, -0.25) is 5.43 Å². The Bertz CT molecular complexity index is 543. The van der Waals surface area contributed by atoms with E-state index < -0.39 is 0 Å². The number of hydrazine groups is 1. The number of hydrogen-bond acceptors (Lipinski definition) is 8. The number of nitrogens with zero attached hydrogens (tertiary/aromatic N) is 4. The highest BCUT2D eigenvalue weighted by molar-refractivity contribution is 5.37. The zero-order chi connectivity index (χ0) is 14.5. The second-order valence-electron chi connectivity index (χ2n) is 4.49. The first-order valence-electron chi connectivity index (χ1n) is 6.21. The van der Waals surface area contributed by atoms with Gasteiger partial charge in [-0.2, -0.15) is 15.0 Å². The predicted molar refractivity (Wildman–Crippen MR) is 74.2 cm³/mol. The molecule has 0 amide bonds. The van der Waals surface area contributed by atoms with Crippen LogP contribution in [0.15, 0.2) is 22.8 Å². The van der Waals surface area contributed by atoms with Crippen LogP contribution in [0.4, 0.5) is 11.9 Å². The number of furan rings is 1. The number of nitrogen functional groups attached to an aromatic ring is 1. The summed E-state index contributed by atoms with van der Waals surface area (Å²) in [5, 5.41) is 0. The van der Waals surface area contributed by atoms with Gasteiger partial charge in [0.15, 0.2) is 0 Å². The number of nitrogens with one attached hydrogen (secondary N) is 1. The second kappa shape index (κ2) is 6.20. The highest BCUT2D eigenvalue weighted by atomic mass is 16.5. The average Bonchev–Trinajstić information content (AvgIpc) is 2.90. The third-order valence-electron chi connectivity index (χ3n) is 2.39. The van der Waals surface area contributed by atoms with Gasteiger partial charge in [0.2, 0.25) is 11.9 Å². The summed E-state index contributed by atoms with van der Waals surface area (Å²) in [6.45, 7) is 4.32. The molecule has 8 heteroatoms. The van der Waals surface area contributed by atoms with E-state index in [1.54, 1.807) is 6.26 Å². The molecule has 0 aliphatic rings. The number of rotatable bonds is 6. The van der Waals surface area contributed by atoms with Crippen LogP contribution in [0.1, 0.15) is 19.6 Å². The Hall–Kier alpha value is -2.35. The Balaban J connectivity index is 2.20. The molecule has 2 rings (SSSR count). The van der Waals surface area contributed by atoms with Gasteiger partial charge in [0.1, 0.15) is 5.76 Å². The number of aromatic nitrogens is 3. The topological polar surface area (TPSA) is 102 Å². The number of hydrogen-bond donors (Lipinski definition) is 2. The van der Waals surface area contributed by atoms with Gasteiger partial charge in [0, 0.05) is 7.05 Å². The molecule has 0 saturated heterocycles. The van der Waals surface area contributed by atoms with Crippen molar-refractivity contribution in [2.45, 2.75) is 26.5 Å². The van der Waals surface area contributed by atoms with Crippen molar-refractivity contribution < 1.29 is 9.15 Å². The van der Waals surface area contributed by atoms with E-state index in [0.29, 0.717) is 12.5 Å². The third-order valence-corrected chi connectivity index (χ3v) is 2.39. The van der Waals surface area contributed by atoms with Crippen molar-refractivity contribution in [3.05, 3.63) is 24.2 Å². The molecular formula is C12H18N6O2. The molecular weight excluding hydrogens is 260 g/mol. The lowest BCUT2D eigenvalue weighted by Crippen LogP contribution is -2.22. The maximum atomic E-state index is 5.47. The van der Waals surface area contributed by atoms with Crippen LogP contribution in [0.3, 0.4) is 0 Å². The van der Waals surface area contributed by atoms with Crippen molar-refractivity contribution in [2.24, 2.45) is 5.84 Å². The van der Waals surface area contributed by atoms with Crippen LogP contribution in [-0.2, 0) is 6.54 Å². The molecule has 0 aromatic carbocycles. The van der Waals surface area contributed by atoms with Crippen LogP contribution in [0.5, 0.6) is 6.01 Å². The standard InChI is InChI=1S/C12H18N6O2/c1-8(2)20-12-15-10(17-13)14-11(16-12)18(3)7-9-5-4-6-19-9/h4-6,8H,7,13H2,1-3H3,(H,14,15,16,17). The van der Waals surface area contributed by atoms with Gasteiger partial charge in [-0.15, -0.1) is 0 Å². The minimum absolute atomic E-state index is 0.0359. The van der Waals surface area contributed by atoms with Gasteiger partial charge in [0.05, 0.1) is 18.9 Å². The van der Waals surface area contributed by atoms with Gasteiger partial charge in [0.25, 0.3) is 0 Å².